The van der Waals surface area contributed by atoms with Gasteiger partial charge in [-0.15, -0.1) is 0 Å². The van der Waals surface area contributed by atoms with Crippen LogP contribution in [0.4, 0.5) is 0 Å². The van der Waals surface area contributed by atoms with Crippen molar-refractivity contribution in [3.05, 3.63) is 75.8 Å². The van der Waals surface area contributed by atoms with Crippen LogP contribution >= 0.6 is 11.6 Å². The van der Waals surface area contributed by atoms with E-state index >= 15 is 0 Å². The van der Waals surface area contributed by atoms with Gasteiger partial charge in [0.1, 0.15) is 5.75 Å². The summed E-state index contributed by atoms with van der Waals surface area (Å²) in [6.07, 6.45) is 5.55. The summed E-state index contributed by atoms with van der Waals surface area (Å²) in [5.41, 5.74) is 5.09. The van der Waals surface area contributed by atoms with Crippen LogP contribution in [0, 0.1) is 17.8 Å². The van der Waals surface area contributed by atoms with Gasteiger partial charge in [0.05, 0.1) is 36.2 Å². The summed E-state index contributed by atoms with van der Waals surface area (Å²) in [7, 11) is 1.64. The van der Waals surface area contributed by atoms with E-state index in [0.717, 1.165) is 27.8 Å². The Morgan fingerprint density at radius 3 is 2.58 bits per heavy atom. The van der Waals surface area contributed by atoms with E-state index < -0.39 is 17.8 Å². The Kier molecular flexibility index (Phi) is 10.0. The predicted molar refractivity (Wildman–Crippen MR) is 163 cm³/mol. The second kappa shape index (κ2) is 13.9. The molecule has 0 spiro atoms. The van der Waals surface area contributed by atoms with E-state index in [1.165, 1.54) is 11.0 Å². The van der Waals surface area contributed by atoms with Crippen LogP contribution in [-0.2, 0) is 23.9 Å². The van der Waals surface area contributed by atoms with Gasteiger partial charge < -0.3 is 19.7 Å². The first-order valence-electron chi connectivity index (χ1n) is 14.9. The number of fused-ring (bicyclic) bond motifs is 3. The number of imide groups is 1. The molecule has 2 aliphatic heterocycles. The Labute approximate surface area is 256 Å². The highest BCUT2D eigenvalue weighted by Gasteiger charge is 2.56. The fourth-order valence-corrected chi connectivity index (χ4v) is 7.08. The van der Waals surface area contributed by atoms with E-state index in [1.54, 1.807) is 19.2 Å². The fourth-order valence-electron chi connectivity index (χ4n) is 6.85. The molecule has 43 heavy (non-hydrogen) atoms. The molecule has 1 aliphatic carbocycles. The van der Waals surface area contributed by atoms with E-state index in [-0.39, 0.29) is 36.0 Å². The average Bonchev–Trinajstić information content (AvgIpc) is 3.51. The van der Waals surface area contributed by atoms with Crippen molar-refractivity contribution in [3.63, 3.8) is 0 Å². The Hall–Kier alpha value is -3.46. The van der Waals surface area contributed by atoms with Gasteiger partial charge in [0.2, 0.25) is 11.8 Å². The van der Waals surface area contributed by atoms with Crippen LogP contribution in [0.5, 0.6) is 5.75 Å². The van der Waals surface area contributed by atoms with Gasteiger partial charge >= 0.3 is 5.97 Å². The van der Waals surface area contributed by atoms with Crippen molar-refractivity contribution in [2.24, 2.45) is 17.8 Å². The number of carbonyl (C=O) groups excluding carboxylic acids is 2. The third-order valence-electron chi connectivity index (χ3n) is 8.82. The molecule has 0 saturated carbocycles. The number of likely N-dealkylation sites (tertiary alicyclic amines) is 1. The maximum absolute atomic E-state index is 13.6. The van der Waals surface area contributed by atoms with Crippen molar-refractivity contribution in [2.75, 3.05) is 26.9 Å². The maximum atomic E-state index is 13.6. The summed E-state index contributed by atoms with van der Waals surface area (Å²) in [6.45, 7) is 1.09. The van der Waals surface area contributed by atoms with Crippen molar-refractivity contribution >= 4 is 41.0 Å². The molecule has 9 heteroatoms. The number of phenols is 1. The van der Waals surface area contributed by atoms with Gasteiger partial charge in [-0.2, -0.15) is 0 Å². The van der Waals surface area contributed by atoms with E-state index in [9.17, 15) is 19.5 Å². The topological polar surface area (TPSA) is 113 Å². The number of carboxylic acid groups (broad SMARTS) is 1. The number of allylic oxidation sites excluding steroid dienone is 1. The van der Waals surface area contributed by atoms with Crippen molar-refractivity contribution < 1.29 is 34.1 Å². The summed E-state index contributed by atoms with van der Waals surface area (Å²) in [5, 5.41) is 19.1. The zero-order chi connectivity index (χ0) is 30.5. The highest BCUT2D eigenvalue weighted by Crippen LogP contribution is 2.50. The number of phenolic OH excluding ortho intramolecular Hbond substituents is 1. The molecule has 0 bridgehead atoms. The lowest BCUT2D eigenvalue weighted by Crippen LogP contribution is -2.35. The van der Waals surface area contributed by atoms with Gasteiger partial charge in [0.15, 0.2) is 0 Å². The van der Waals surface area contributed by atoms with E-state index in [4.69, 9.17) is 26.2 Å². The normalized spacial score (nSPS) is 23.6. The molecule has 0 unspecified atom stereocenters. The van der Waals surface area contributed by atoms with Gasteiger partial charge in [-0.1, -0.05) is 48.4 Å². The first kappa shape index (κ1) is 31.0. The maximum Gasteiger partial charge on any atom is 0.303 e. The number of carbonyl (C=O) groups is 3. The van der Waals surface area contributed by atoms with Crippen LogP contribution in [0.2, 0.25) is 5.02 Å². The Balaban J connectivity index is 1.34. The number of aromatic hydroxyl groups is 1. The minimum atomic E-state index is -0.838. The third kappa shape index (κ3) is 6.87. The lowest BCUT2D eigenvalue weighted by atomic mass is 9.69. The number of halogens is 1. The molecule has 2 N–H and O–H groups in total. The molecule has 2 fully saturated rings. The highest BCUT2D eigenvalue weighted by molar-refractivity contribution is 6.32. The average molecular weight is 608 g/mol. The largest absolute Gasteiger partial charge is 0.508 e. The van der Waals surface area contributed by atoms with Crippen molar-refractivity contribution in [1.82, 2.24) is 4.90 Å². The second-order valence-corrected chi connectivity index (χ2v) is 12.0. The molecule has 2 amide bonds. The zero-order valence-electron chi connectivity index (χ0n) is 24.3. The lowest BCUT2D eigenvalue weighted by Gasteiger charge is -2.31. The molecule has 2 heterocycles. The number of methoxy groups -OCH3 is 1. The quantitative estimate of drug-likeness (QED) is 0.125. The first-order chi connectivity index (χ1) is 20.8. The third-order valence-corrected chi connectivity index (χ3v) is 9.15. The van der Waals surface area contributed by atoms with E-state index in [2.05, 4.69) is 12.1 Å². The molecule has 3 aliphatic rings. The Morgan fingerprint density at radius 2 is 1.86 bits per heavy atom. The monoisotopic (exact) mass is 607 g/mol. The minimum absolute atomic E-state index is 0.0881. The number of unbranched alkanes of at least 4 members (excludes halogenated alkanes) is 2. The van der Waals surface area contributed by atoms with Crippen molar-refractivity contribution in [3.8, 4) is 5.75 Å². The number of rotatable bonds is 13. The zero-order valence-corrected chi connectivity index (χ0v) is 25.1. The van der Waals surface area contributed by atoms with Gasteiger partial charge in [-0.05, 0) is 84.2 Å². The number of hydrogen-bond donors (Lipinski definition) is 2. The van der Waals surface area contributed by atoms with Crippen LogP contribution in [0.3, 0.4) is 0 Å². The van der Waals surface area contributed by atoms with Gasteiger partial charge in [-0.25, -0.2) is 0 Å². The molecule has 0 radical (unpaired) electrons. The molecule has 8 nitrogen and oxygen atoms in total. The van der Waals surface area contributed by atoms with Crippen LogP contribution in [0.25, 0.3) is 11.6 Å². The molecule has 2 saturated heterocycles. The number of aliphatic carboxylic acids is 1. The first-order valence-corrected chi connectivity index (χ1v) is 15.3. The van der Waals surface area contributed by atoms with Crippen LogP contribution in [0.1, 0.15) is 56.1 Å². The van der Waals surface area contributed by atoms with Gasteiger partial charge in [0, 0.05) is 26.0 Å². The molecule has 0 aromatic heterocycles. The van der Waals surface area contributed by atoms with Gasteiger partial charge in [-0.3, -0.25) is 19.3 Å². The van der Waals surface area contributed by atoms with Crippen molar-refractivity contribution in [1.29, 1.82) is 0 Å². The molecular formula is C34H38ClNO7. The molecule has 2 aromatic carbocycles. The number of carboxylic acids is 1. The lowest BCUT2D eigenvalue weighted by molar-refractivity contribution is -0.141. The predicted octanol–water partition coefficient (Wildman–Crippen LogP) is 5.97. The fraction of sp³-hybridized carbons (Fsp3) is 0.441. The van der Waals surface area contributed by atoms with E-state index in [0.29, 0.717) is 63.3 Å². The van der Waals surface area contributed by atoms with Crippen molar-refractivity contribution in [2.45, 2.75) is 51.0 Å². The van der Waals surface area contributed by atoms with Crippen LogP contribution < -0.4 is 0 Å². The summed E-state index contributed by atoms with van der Waals surface area (Å²) in [6, 6.07) is 15.0. The summed E-state index contributed by atoms with van der Waals surface area (Å²) < 4.78 is 11.9. The highest BCUT2D eigenvalue weighted by atomic mass is 35.5. The van der Waals surface area contributed by atoms with E-state index in [1.807, 2.05) is 24.3 Å². The second-order valence-electron chi connectivity index (χ2n) is 11.6. The number of benzene rings is 2. The summed E-state index contributed by atoms with van der Waals surface area (Å²) in [4.78, 5) is 39.2. The molecular weight excluding hydrogens is 570 g/mol. The Morgan fingerprint density at radius 1 is 1.07 bits per heavy atom. The number of hydrogen-bond acceptors (Lipinski definition) is 6. The number of amides is 2. The molecule has 5 rings (SSSR count). The summed E-state index contributed by atoms with van der Waals surface area (Å²) in [5.74, 6) is -2.02. The van der Waals surface area contributed by atoms with Crippen LogP contribution in [0.15, 0.2) is 59.7 Å². The van der Waals surface area contributed by atoms with Gasteiger partial charge in [0.25, 0.3) is 0 Å². The summed E-state index contributed by atoms with van der Waals surface area (Å²) >= 11 is 6.44. The van der Waals surface area contributed by atoms with Crippen LogP contribution in [-0.4, -0.2) is 65.9 Å². The number of nitrogens with zero attached hydrogens (tertiary/aromatic N) is 1. The molecule has 2 aromatic rings. The Bertz CT molecular complexity index is 1420. The standard InChI is InChI=1S/C34H38ClNO7/c1-42-19-24-17-26-32(34(41)36(33(26)40)15-7-3-6-10-30(38)39)27-20-43-29(31(24)27)14-12-22(21-8-4-2-5-9-21)16-23-11-13-25(37)18-28(23)35/h2,4-5,8-9,11,13,16,18,26-27,29,32,37H,3,6-7,10,12,14-15,17,19-20H2,1H3,(H,38,39)/b22-16-/t26-,27+,29-,32-/m1/s1. The minimum Gasteiger partial charge on any atom is -0.508 e. The molecule has 4 atom stereocenters. The SMILES string of the molecule is COCC1=C2[C@@H](CC/C(=C/c3ccc(O)cc3Cl)c3ccccc3)OC[C@@H]2[C@@H]2C(=O)N(CCCCCC(=O)O)C(=O)[C@@H]2C1. The molecule has 228 valence electrons. The number of ether oxygens (including phenoxy) is 2. The smallest absolute Gasteiger partial charge is 0.303 e.